The van der Waals surface area contributed by atoms with Crippen molar-refractivity contribution in [1.82, 2.24) is 4.90 Å². The number of anilines is 1. The highest BCUT2D eigenvalue weighted by Crippen LogP contribution is 2.33. The number of aliphatic hydroxyl groups is 1. The molecule has 2 N–H and O–H groups in total. The summed E-state index contributed by atoms with van der Waals surface area (Å²) in [5.74, 6) is -1.04. The number of hydrogen-bond acceptors (Lipinski definition) is 3. The van der Waals surface area contributed by atoms with Crippen LogP contribution in [-0.4, -0.2) is 52.9 Å². The molecule has 1 aromatic carbocycles. The quantitative estimate of drug-likeness (QED) is 0.796. The number of para-hydroxylation sites is 1. The molecule has 112 valence electrons. The Balaban J connectivity index is 2.35. The second-order valence-electron chi connectivity index (χ2n) is 4.80. The molecule has 0 saturated carbocycles. The molecule has 0 aromatic heterocycles. The fourth-order valence-corrected chi connectivity index (χ4v) is 2.51. The van der Waals surface area contributed by atoms with Gasteiger partial charge in [0, 0.05) is 25.2 Å². The molecular weight excluding hydrogens is 272 g/mol. The zero-order valence-corrected chi connectivity index (χ0v) is 11.6. The molecule has 1 aliphatic rings. The first kappa shape index (κ1) is 15.1. The Morgan fingerprint density at radius 3 is 2.76 bits per heavy atom. The zero-order valence-electron chi connectivity index (χ0n) is 11.6. The lowest BCUT2D eigenvalue weighted by molar-refractivity contribution is -0.138. The van der Waals surface area contributed by atoms with Crippen LogP contribution in [0.15, 0.2) is 36.9 Å². The van der Waals surface area contributed by atoms with Gasteiger partial charge < -0.3 is 15.1 Å². The van der Waals surface area contributed by atoms with E-state index in [0.717, 1.165) is 5.56 Å². The summed E-state index contributed by atoms with van der Waals surface area (Å²) in [5, 5.41) is 18.4. The maximum atomic E-state index is 12.6. The van der Waals surface area contributed by atoms with Crippen LogP contribution in [0.1, 0.15) is 5.56 Å². The Kier molecular flexibility index (Phi) is 4.59. The van der Waals surface area contributed by atoms with Crippen LogP contribution < -0.4 is 4.90 Å². The summed E-state index contributed by atoms with van der Waals surface area (Å²) >= 11 is 0. The molecule has 1 atom stereocenters. The van der Waals surface area contributed by atoms with Gasteiger partial charge in [-0.15, -0.1) is 6.58 Å². The number of aliphatic carboxylic acids is 1. The van der Waals surface area contributed by atoms with E-state index >= 15 is 0 Å². The number of nitrogens with zero attached hydrogens (tertiary/aromatic N) is 2. The van der Waals surface area contributed by atoms with Gasteiger partial charge in [0.15, 0.2) is 0 Å². The van der Waals surface area contributed by atoms with Crippen molar-refractivity contribution in [3.05, 3.63) is 42.5 Å². The van der Waals surface area contributed by atoms with Crippen LogP contribution in [0.2, 0.25) is 0 Å². The van der Waals surface area contributed by atoms with E-state index in [9.17, 15) is 14.7 Å². The number of aliphatic hydroxyl groups excluding tert-OH is 1. The van der Waals surface area contributed by atoms with E-state index in [1.54, 1.807) is 18.2 Å². The van der Waals surface area contributed by atoms with Crippen LogP contribution in [0.4, 0.5) is 10.5 Å². The third-order valence-electron chi connectivity index (χ3n) is 3.46. The summed E-state index contributed by atoms with van der Waals surface area (Å²) in [6, 6.07) is 5.81. The van der Waals surface area contributed by atoms with Gasteiger partial charge in [0.05, 0.1) is 6.61 Å². The van der Waals surface area contributed by atoms with E-state index in [-0.39, 0.29) is 26.1 Å². The van der Waals surface area contributed by atoms with Gasteiger partial charge in [-0.25, -0.2) is 9.59 Å². The van der Waals surface area contributed by atoms with E-state index < -0.39 is 18.0 Å². The van der Waals surface area contributed by atoms with Crippen molar-refractivity contribution in [2.24, 2.45) is 0 Å². The minimum Gasteiger partial charge on any atom is -0.480 e. The standard InChI is InChI=1S/C15H18N2O4/c1-2-7-16(8-9-18)15(21)17-12-6-4-3-5-11(12)10-13(17)14(19)20/h2-6,13,18H,1,7-10H2,(H,19,20). The third kappa shape index (κ3) is 2.90. The highest BCUT2D eigenvalue weighted by atomic mass is 16.4. The Hall–Kier alpha value is -2.34. The van der Waals surface area contributed by atoms with E-state index in [4.69, 9.17) is 5.11 Å². The molecule has 6 heteroatoms. The van der Waals surface area contributed by atoms with Gasteiger partial charge in [-0.1, -0.05) is 24.3 Å². The molecule has 0 spiro atoms. The Labute approximate surface area is 122 Å². The molecule has 1 heterocycles. The fourth-order valence-electron chi connectivity index (χ4n) is 2.51. The van der Waals surface area contributed by atoms with Crippen molar-refractivity contribution in [1.29, 1.82) is 0 Å². The minimum atomic E-state index is -1.04. The summed E-state index contributed by atoms with van der Waals surface area (Å²) < 4.78 is 0. The van der Waals surface area contributed by atoms with Gasteiger partial charge in [-0.2, -0.15) is 0 Å². The van der Waals surface area contributed by atoms with E-state index in [2.05, 4.69) is 6.58 Å². The second-order valence-corrected chi connectivity index (χ2v) is 4.80. The molecule has 2 rings (SSSR count). The monoisotopic (exact) mass is 290 g/mol. The van der Waals surface area contributed by atoms with Gasteiger partial charge >= 0.3 is 12.0 Å². The number of carbonyl (C=O) groups is 2. The van der Waals surface area contributed by atoms with Crippen molar-refractivity contribution >= 4 is 17.7 Å². The minimum absolute atomic E-state index is 0.135. The number of amides is 2. The van der Waals surface area contributed by atoms with Crippen molar-refractivity contribution in [2.45, 2.75) is 12.5 Å². The number of benzene rings is 1. The van der Waals surface area contributed by atoms with Gasteiger partial charge in [0.1, 0.15) is 6.04 Å². The smallest absolute Gasteiger partial charge is 0.327 e. The van der Waals surface area contributed by atoms with Crippen LogP contribution in [-0.2, 0) is 11.2 Å². The first-order valence-corrected chi connectivity index (χ1v) is 6.70. The van der Waals surface area contributed by atoms with Crippen LogP contribution in [0.5, 0.6) is 0 Å². The number of carboxylic acids is 1. The molecular formula is C15H18N2O4. The van der Waals surface area contributed by atoms with Gasteiger partial charge in [0.2, 0.25) is 0 Å². The summed E-state index contributed by atoms with van der Waals surface area (Å²) in [7, 11) is 0. The molecule has 0 fully saturated rings. The van der Waals surface area contributed by atoms with E-state index in [1.165, 1.54) is 9.80 Å². The first-order chi connectivity index (χ1) is 10.1. The Bertz CT molecular complexity index is 558. The molecule has 1 aromatic rings. The lowest BCUT2D eigenvalue weighted by Crippen LogP contribution is -2.50. The summed E-state index contributed by atoms with van der Waals surface area (Å²) in [6.07, 6.45) is 1.84. The number of carboxylic acid groups (broad SMARTS) is 1. The largest absolute Gasteiger partial charge is 0.480 e. The maximum absolute atomic E-state index is 12.6. The fraction of sp³-hybridized carbons (Fsp3) is 0.333. The van der Waals surface area contributed by atoms with Crippen molar-refractivity contribution in [3.8, 4) is 0 Å². The lowest BCUT2D eigenvalue weighted by atomic mass is 10.1. The zero-order chi connectivity index (χ0) is 15.4. The molecule has 0 aliphatic carbocycles. The second kappa shape index (κ2) is 6.41. The maximum Gasteiger partial charge on any atom is 0.327 e. The predicted molar refractivity (Wildman–Crippen MR) is 78.3 cm³/mol. The summed E-state index contributed by atoms with van der Waals surface area (Å²) in [4.78, 5) is 26.7. The van der Waals surface area contributed by atoms with Crippen molar-refractivity contribution in [3.63, 3.8) is 0 Å². The Morgan fingerprint density at radius 2 is 2.14 bits per heavy atom. The van der Waals surface area contributed by atoms with Crippen LogP contribution >= 0.6 is 0 Å². The normalized spacial score (nSPS) is 16.4. The van der Waals surface area contributed by atoms with Crippen LogP contribution in [0.25, 0.3) is 0 Å². The predicted octanol–water partition coefficient (Wildman–Crippen LogP) is 1.10. The highest BCUT2D eigenvalue weighted by Gasteiger charge is 2.39. The average molecular weight is 290 g/mol. The molecule has 0 saturated heterocycles. The van der Waals surface area contributed by atoms with Crippen LogP contribution in [0.3, 0.4) is 0 Å². The molecule has 0 bridgehead atoms. The number of fused-ring (bicyclic) bond motifs is 1. The molecule has 2 amide bonds. The average Bonchev–Trinajstić information content (AvgIpc) is 2.86. The highest BCUT2D eigenvalue weighted by molar-refractivity contribution is 6.01. The van der Waals surface area contributed by atoms with Gasteiger partial charge in [-0.3, -0.25) is 4.90 Å². The summed E-state index contributed by atoms with van der Waals surface area (Å²) in [6.45, 7) is 3.78. The lowest BCUT2D eigenvalue weighted by Gasteiger charge is -2.29. The number of carbonyl (C=O) groups excluding carboxylic acids is 1. The third-order valence-corrected chi connectivity index (χ3v) is 3.46. The number of hydrogen-bond donors (Lipinski definition) is 2. The number of urea groups is 1. The topological polar surface area (TPSA) is 81.1 Å². The number of rotatable bonds is 5. The first-order valence-electron chi connectivity index (χ1n) is 6.70. The van der Waals surface area contributed by atoms with Crippen molar-refractivity contribution in [2.75, 3.05) is 24.6 Å². The molecule has 6 nitrogen and oxygen atoms in total. The molecule has 21 heavy (non-hydrogen) atoms. The molecule has 0 radical (unpaired) electrons. The van der Waals surface area contributed by atoms with E-state index in [0.29, 0.717) is 5.69 Å². The van der Waals surface area contributed by atoms with Gasteiger partial charge in [-0.05, 0) is 11.6 Å². The summed E-state index contributed by atoms with van der Waals surface area (Å²) in [5.41, 5.74) is 1.45. The molecule has 1 unspecified atom stereocenters. The Morgan fingerprint density at radius 1 is 1.43 bits per heavy atom. The van der Waals surface area contributed by atoms with Gasteiger partial charge in [0.25, 0.3) is 0 Å². The van der Waals surface area contributed by atoms with Crippen LogP contribution in [0, 0.1) is 0 Å². The van der Waals surface area contributed by atoms with E-state index in [1.807, 2.05) is 12.1 Å². The molecule has 1 aliphatic heterocycles. The SMILES string of the molecule is C=CCN(CCO)C(=O)N1c2ccccc2CC1C(=O)O. The van der Waals surface area contributed by atoms with Crippen molar-refractivity contribution < 1.29 is 19.8 Å².